The molecule has 1 N–H and O–H groups in total. The number of nitrogens with zero attached hydrogens (tertiary/aromatic N) is 3. The summed E-state index contributed by atoms with van der Waals surface area (Å²) >= 11 is 0. The van der Waals surface area contributed by atoms with Gasteiger partial charge in [-0.05, 0) is 43.9 Å². The number of hydrogen-bond donors (Lipinski definition) is 1. The van der Waals surface area contributed by atoms with Crippen LogP contribution in [0.4, 0.5) is 5.82 Å². The van der Waals surface area contributed by atoms with Gasteiger partial charge in [-0.15, -0.1) is 0 Å². The highest BCUT2D eigenvalue weighted by Crippen LogP contribution is 2.43. The molecule has 2 saturated carbocycles. The third kappa shape index (κ3) is 2.68. The maximum absolute atomic E-state index is 9.79. The maximum atomic E-state index is 9.79. The Balaban J connectivity index is 1.50. The molecule has 0 bridgehead atoms. The number of fused-ring (bicyclic) bond motifs is 1. The predicted molar refractivity (Wildman–Crippen MR) is 90.6 cm³/mol. The number of benzene rings is 1. The smallest absolute Gasteiger partial charge is 0.134 e. The first-order valence-corrected chi connectivity index (χ1v) is 8.85. The lowest BCUT2D eigenvalue weighted by Gasteiger charge is -2.22. The molecule has 0 saturated heterocycles. The zero-order valence-corrected chi connectivity index (χ0v) is 13.6. The van der Waals surface area contributed by atoms with E-state index in [2.05, 4.69) is 11.0 Å². The van der Waals surface area contributed by atoms with Crippen molar-refractivity contribution in [2.75, 3.05) is 18.1 Å². The molecule has 0 radical (unpaired) electrons. The van der Waals surface area contributed by atoms with Crippen LogP contribution in [0.15, 0.2) is 24.3 Å². The molecule has 1 aromatic carbocycles. The van der Waals surface area contributed by atoms with Crippen molar-refractivity contribution >= 4 is 5.82 Å². The molecule has 1 aromatic heterocycles. The van der Waals surface area contributed by atoms with E-state index in [-0.39, 0.29) is 5.75 Å². The van der Waals surface area contributed by atoms with Gasteiger partial charge in [0.05, 0.1) is 6.54 Å². The van der Waals surface area contributed by atoms with Gasteiger partial charge in [0, 0.05) is 35.7 Å². The van der Waals surface area contributed by atoms with Crippen molar-refractivity contribution in [3.05, 3.63) is 41.3 Å². The van der Waals surface area contributed by atoms with Crippen molar-refractivity contribution in [3.63, 3.8) is 0 Å². The van der Waals surface area contributed by atoms with Crippen LogP contribution in [0.3, 0.4) is 0 Å². The molecular formula is C19H21N3O2. The Morgan fingerprint density at radius 1 is 1.04 bits per heavy atom. The van der Waals surface area contributed by atoms with Crippen LogP contribution < -0.4 is 9.64 Å². The number of ether oxygens (including phenoxy) is 1. The van der Waals surface area contributed by atoms with Gasteiger partial charge in [-0.25, -0.2) is 9.97 Å². The van der Waals surface area contributed by atoms with Gasteiger partial charge in [0.1, 0.15) is 29.7 Å². The summed E-state index contributed by atoms with van der Waals surface area (Å²) < 4.78 is 5.84. The topological polar surface area (TPSA) is 58.5 Å². The van der Waals surface area contributed by atoms with Crippen LogP contribution in [-0.4, -0.2) is 28.2 Å². The fraction of sp³-hybridized carbons (Fsp3) is 0.474. The second-order valence-electron chi connectivity index (χ2n) is 7.12. The molecule has 0 unspecified atom stereocenters. The molecule has 124 valence electrons. The highest BCUT2D eigenvalue weighted by molar-refractivity contribution is 5.48. The molecular weight excluding hydrogens is 302 g/mol. The van der Waals surface area contributed by atoms with Gasteiger partial charge in [0.25, 0.3) is 0 Å². The predicted octanol–water partition coefficient (Wildman–Crippen LogP) is 3.34. The summed E-state index contributed by atoms with van der Waals surface area (Å²) in [5.41, 5.74) is 2.22. The fourth-order valence-electron chi connectivity index (χ4n) is 3.32. The van der Waals surface area contributed by atoms with Gasteiger partial charge in [-0.3, -0.25) is 0 Å². The Morgan fingerprint density at radius 3 is 2.67 bits per heavy atom. The summed E-state index contributed by atoms with van der Waals surface area (Å²) in [6.45, 7) is 2.12. The SMILES string of the molecule is Oc1ccc2c(c1)CN(c1cc(C3CC3)nc(C3CC3)n1)CCO2. The van der Waals surface area contributed by atoms with E-state index in [1.165, 1.54) is 31.4 Å². The van der Waals surface area contributed by atoms with Gasteiger partial charge in [-0.2, -0.15) is 0 Å². The van der Waals surface area contributed by atoms with Crippen LogP contribution in [0, 0.1) is 0 Å². The minimum atomic E-state index is 0.277. The molecule has 2 fully saturated rings. The molecule has 5 nitrogen and oxygen atoms in total. The lowest BCUT2D eigenvalue weighted by Crippen LogP contribution is -2.26. The summed E-state index contributed by atoms with van der Waals surface area (Å²) in [4.78, 5) is 11.9. The molecule has 3 aliphatic rings. The van der Waals surface area contributed by atoms with Crippen LogP contribution in [0.1, 0.15) is 54.6 Å². The van der Waals surface area contributed by atoms with Gasteiger partial charge < -0.3 is 14.7 Å². The number of aromatic nitrogens is 2. The molecule has 2 heterocycles. The summed E-state index contributed by atoms with van der Waals surface area (Å²) in [6, 6.07) is 7.48. The van der Waals surface area contributed by atoms with Crippen molar-refractivity contribution in [3.8, 4) is 11.5 Å². The van der Waals surface area contributed by atoms with E-state index in [0.717, 1.165) is 29.5 Å². The molecule has 24 heavy (non-hydrogen) atoms. The fourth-order valence-corrected chi connectivity index (χ4v) is 3.32. The Hall–Kier alpha value is -2.30. The Kier molecular flexibility index (Phi) is 3.15. The van der Waals surface area contributed by atoms with Gasteiger partial charge in [-0.1, -0.05) is 0 Å². The third-order valence-corrected chi connectivity index (χ3v) is 5.04. The van der Waals surface area contributed by atoms with E-state index >= 15 is 0 Å². The number of rotatable bonds is 3. The largest absolute Gasteiger partial charge is 0.508 e. The normalized spacial score (nSPS) is 20.2. The quantitative estimate of drug-likeness (QED) is 0.939. The van der Waals surface area contributed by atoms with Crippen LogP contribution in [-0.2, 0) is 6.54 Å². The number of aromatic hydroxyl groups is 1. The van der Waals surface area contributed by atoms with E-state index in [1.54, 1.807) is 12.1 Å². The molecule has 1 aliphatic heterocycles. The van der Waals surface area contributed by atoms with Crippen molar-refractivity contribution in [2.24, 2.45) is 0 Å². The highest BCUT2D eigenvalue weighted by Gasteiger charge is 2.32. The minimum absolute atomic E-state index is 0.277. The monoisotopic (exact) mass is 323 g/mol. The minimum Gasteiger partial charge on any atom is -0.508 e. The standard InChI is InChI=1S/C19H21N3O2/c23-15-5-6-17-14(9-15)11-22(7-8-24-17)18-10-16(12-1-2-12)20-19(21-18)13-3-4-13/h5-6,9-10,12-13,23H,1-4,7-8,11H2. The summed E-state index contributed by atoms with van der Waals surface area (Å²) in [6.07, 6.45) is 4.93. The first kappa shape index (κ1) is 14.1. The van der Waals surface area contributed by atoms with Gasteiger partial charge in [0.15, 0.2) is 0 Å². The summed E-state index contributed by atoms with van der Waals surface area (Å²) in [5, 5.41) is 9.79. The van der Waals surface area contributed by atoms with Crippen LogP contribution >= 0.6 is 0 Å². The van der Waals surface area contributed by atoms with Crippen molar-refractivity contribution in [1.82, 2.24) is 9.97 Å². The van der Waals surface area contributed by atoms with E-state index < -0.39 is 0 Å². The third-order valence-electron chi connectivity index (χ3n) is 5.04. The van der Waals surface area contributed by atoms with E-state index in [1.807, 2.05) is 6.07 Å². The molecule has 0 atom stereocenters. The zero-order valence-electron chi connectivity index (χ0n) is 13.6. The van der Waals surface area contributed by atoms with Crippen LogP contribution in [0.25, 0.3) is 0 Å². The first-order valence-electron chi connectivity index (χ1n) is 8.85. The summed E-state index contributed by atoms with van der Waals surface area (Å²) in [7, 11) is 0. The Bertz CT molecular complexity index is 754. The molecule has 5 rings (SSSR count). The zero-order chi connectivity index (χ0) is 16.1. The second-order valence-corrected chi connectivity index (χ2v) is 7.12. The lowest BCUT2D eigenvalue weighted by atomic mass is 10.1. The van der Waals surface area contributed by atoms with Crippen molar-refractivity contribution < 1.29 is 9.84 Å². The van der Waals surface area contributed by atoms with Gasteiger partial charge >= 0.3 is 0 Å². The van der Waals surface area contributed by atoms with Gasteiger partial charge in [0.2, 0.25) is 0 Å². The Morgan fingerprint density at radius 2 is 1.88 bits per heavy atom. The average Bonchev–Trinajstić information content (AvgIpc) is 3.48. The second kappa shape index (κ2) is 5.36. The molecule has 5 heteroatoms. The maximum Gasteiger partial charge on any atom is 0.134 e. The molecule has 2 aromatic rings. The van der Waals surface area contributed by atoms with E-state index in [4.69, 9.17) is 14.7 Å². The number of phenols is 1. The molecule has 2 aliphatic carbocycles. The summed E-state index contributed by atoms with van der Waals surface area (Å²) in [5.74, 6) is 4.35. The van der Waals surface area contributed by atoms with Crippen molar-refractivity contribution in [1.29, 1.82) is 0 Å². The Labute approximate surface area is 141 Å². The highest BCUT2D eigenvalue weighted by atomic mass is 16.5. The average molecular weight is 323 g/mol. The molecule has 0 spiro atoms. The van der Waals surface area contributed by atoms with Crippen molar-refractivity contribution in [2.45, 2.75) is 44.1 Å². The molecule has 0 amide bonds. The number of anilines is 1. The van der Waals surface area contributed by atoms with Crippen LogP contribution in [0.5, 0.6) is 11.5 Å². The number of hydrogen-bond acceptors (Lipinski definition) is 5. The first-order chi connectivity index (χ1) is 11.8. The lowest BCUT2D eigenvalue weighted by molar-refractivity contribution is 0.331. The number of phenolic OH excluding ortho intramolecular Hbond substituents is 1. The van der Waals surface area contributed by atoms with Crippen LogP contribution in [0.2, 0.25) is 0 Å². The van der Waals surface area contributed by atoms with E-state index in [9.17, 15) is 5.11 Å². The van der Waals surface area contributed by atoms with E-state index in [0.29, 0.717) is 25.0 Å².